The summed E-state index contributed by atoms with van der Waals surface area (Å²) in [6.45, 7) is 4.42. The number of carbonyl (C=O) groups excluding carboxylic acids is 1. The number of nitrogens with zero attached hydrogens (tertiary/aromatic N) is 2. The first-order chi connectivity index (χ1) is 9.15. The first kappa shape index (κ1) is 13.6. The third-order valence-corrected chi connectivity index (χ3v) is 3.49. The van der Waals surface area contributed by atoms with E-state index in [-0.39, 0.29) is 5.91 Å². The molecular formula is C13H16N4OS. The van der Waals surface area contributed by atoms with E-state index in [2.05, 4.69) is 20.5 Å². The molecule has 0 bridgehead atoms. The lowest BCUT2D eigenvalue weighted by Gasteiger charge is -2.06. The molecule has 0 fully saturated rings. The predicted molar refractivity (Wildman–Crippen MR) is 74.9 cm³/mol. The summed E-state index contributed by atoms with van der Waals surface area (Å²) in [5, 5.41) is 10.2. The van der Waals surface area contributed by atoms with Crippen molar-refractivity contribution in [2.75, 3.05) is 5.75 Å². The summed E-state index contributed by atoms with van der Waals surface area (Å²) in [6, 6.07) is 8.01. The molecule has 5 nitrogen and oxygen atoms in total. The van der Waals surface area contributed by atoms with Crippen LogP contribution in [-0.4, -0.2) is 26.8 Å². The maximum absolute atomic E-state index is 11.7. The van der Waals surface area contributed by atoms with Crippen LogP contribution in [0.5, 0.6) is 0 Å². The average molecular weight is 276 g/mol. The van der Waals surface area contributed by atoms with Crippen molar-refractivity contribution in [3.63, 3.8) is 0 Å². The van der Waals surface area contributed by atoms with Crippen LogP contribution < -0.4 is 5.32 Å². The van der Waals surface area contributed by atoms with Crippen molar-refractivity contribution in [2.24, 2.45) is 0 Å². The van der Waals surface area contributed by atoms with Crippen LogP contribution in [0, 0.1) is 13.8 Å². The molecule has 0 atom stereocenters. The Morgan fingerprint density at radius 2 is 2.16 bits per heavy atom. The van der Waals surface area contributed by atoms with Gasteiger partial charge in [0.25, 0.3) is 0 Å². The number of hydrogen-bond donors (Lipinski definition) is 2. The Morgan fingerprint density at radius 3 is 2.84 bits per heavy atom. The molecule has 100 valence electrons. The minimum atomic E-state index is -0.0179. The van der Waals surface area contributed by atoms with E-state index >= 15 is 0 Å². The van der Waals surface area contributed by atoms with Crippen molar-refractivity contribution >= 4 is 17.7 Å². The lowest BCUT2D eigenvalue weighted by molar-refractivity contribution is -0.118. The Morgan fingerprint density at radius 1 is 1.37 bits per heavy atom. The van der Waals surface area contributed by atoms with Crippen molar-refractivity contribution < 1.29 is 4.79 Å². The van der Waals surface area contributed by atoms with Crippen LogP contribution in [0.4, 0.5) is 0 Å². The van der Waals surface area contributed by atoms with Crippen molar-refractivity contribution in [2.45, 2.75) is 25.5 Å². The van der Waals surface area contributed by atoms with Crippen LogP contribution in [0.25, 0.3) is 0 Å². The maximum atomic E-state index is 11.7. The standard InChI is InChI=1S/C13H16N4OS/c1-9-5-3-4-6-11(9)7-14-12(18)8-19-13-15-10(2)16-17-13/h3-6H,7-8H2,1-2H3,(H,14,18)(H,15,16,17). The third-order valence-electron chi connectivity index (χ3n) is 2.65. The topological polar surface area (TPSA) is 70.7 Å². The second-order valence-corrected chi connectivity index (χ2v) is 5.14. The van der Waals surface area contributed by atoms with Crippen LogP contribution in [0.15, 0.2) is 29.4 Å². The number of rotatable bonds is 5. The van der Waals surface area contributed by atoms with Gasteiger partial charge in [0.15, 0.2) is 0 Å². The summed E-state index contributed by atoms with van der Waals surface area (Å²) in [7, 11) is 0. The highest BCUT2D eigenvalue weighted by atomic mass is 32.2. The smallest absolute Gasteiger partial charge is 0.230 e. The van der Waals surface area contributed by atoms with E-state index in [0.717, 1.165) is 11.4 Å². The number of carbonyl (C=O) groups is 1. The Kier molecular flexibility index (Phi) is 4.57. The molecule has 0 unspecified atom stereocenters. The molecule has 1 amide bonds. The molecule has 1 heterocycles. The largest absolute Gasteiger partial charge is 0.351 e. The molecule has 6 heteroatoms. The van der Waals surface area contributed by atoms with Crippen LogP contribution >= 0.6 is 11.8 Å². The zero-order chi connectivity index (χ0) is 13.7. The fourth-order valence-corrected chi connectivity index (χ4v) is 2.24. The lowest BCUT2D eigenvalue weighted by Crippen LogP contribution is -2.24. The fourth-order valence-electron chi connectivity index (χ4n) is 1.57. The number of aromatic amines is 1. The summed E-state index contributed by atoms with van der Waals surface area (Å²) < 4.78 is 0. The van der Waals surface area contributed by atoms with Crippen LogP contribution in [0.1, 0.15) is 17.0 Å². The Balaban J connectivity index is 1.77. The summed E-state index contributed by atoms with van der Waals surface area (Å²) in [5.74, 6) is 1.06. The molecule has 0 aliphatic heterocycles. The SMILES string of the molecule is Cc1nc(SCC(=O)NCc2ccccc2C)n[nH]1. The van der Waals surface area contributed by atoms with Gasteiger partial charge in [0.1, 0.15) is 5.82 Å². The van der Waals surface area contributed by atoms with Crippen molar-refractivity contribution in [1.29, 1.82) is 0 Å². The molecule has 0 saturated carbocycles. The quantitative estimate of drug-likeness (QED) is 0.817. The summed E-state index contributed by atoms with van der Waals surface area (Å²) in [5.41, 5.74) is 2.31. The van der Waals surface area contributed by atoms with E-state index in [9.17, 15) is 4.79 Å². The van der Waals surface area contributed by atoms with E-state index in [0.29, 0.717) is 17.5 Å². The minimum absolute atomic E-state index is 0.0179. The molecule has 0 aliphatic rings. The number of thioether (sulfide) groups is 1. The van der Waals surface area contributed by atoms with Gasteiger partial charge >= 0.3 is 0 Å². The number of aromatic nitrogens is 3. The molecule has 0 aliphatic carbocycles. The second-order valence-electron chi connectivity index (χ2n) is 4.20. The van der Waals surface area contributed by atoms with Gasteiger partial charge in [-0.25, -0.2) is 4.98 Å². The monoisotopic (exact) mass is 276 g/mol. The van der Waals surface area contributed by atoms with Crippen molar-refractivity contribution in [3.05, 3.63) is 41.2 Å². The van der Waals surface area contributed by atoms with E-state index in [4.69, 9.17) is 0 Å². The van der Waals surface area contributed by atoms with Crippen LogP contribution in [0.3, 0.4) is 0 Å². The Bertz CT molecular complexity index is 567. The van der Waals surface area contributed by atoms with E-state index < -0.39 is 0 Å². The zero-order valence-corrected chi connectivity index (χ0v) is 11.8. The molecule has 2 aromatic rings. The Labute approximate surface area is 116 Å². The van der Waals surface area contributed by atoms with Gasteiger partial charge in [0.05, 0.1) is 5.75 Å². The van der Waals surface area contributed by atoms with Gasteiger partial charge in [0.2, 0.25) is 11.1 Å². The summed E-state index contributed by atoms with van der Waals surface area (Å²) in [4.78, 5) is 15.8. The third kappa shape index (κ3) is 4.10. The predicted octanol–water partition coefficient (Wildman–Crippen LogP) is 1.83. The summed E-state index contributed by atoms with van der Waals surface area (Å²) >= 11 is 1.32. The van der Waals surface area contributed by atoms with Crippen LogP contribution in [0.2, 0.25) is 0 Å². The van der Waals surface area contributed by atoms with E-state index in [1.165, 1.54) is 17.3 Å². The molecular weight excluding hydrogens is 260 g/mol. The number of aryl methyl sites for hydroxylation is 2. The van der Waals surface area contributed by atoms with Gasteiger partial charge in [-0.15, -0.1) is 5.10 Å². The molecule has 2 rings (SSSR count). The maximum Gasteiger partial charge on any atom is 0.230 e. The minimum Gasteiger partial charge on any atom is -0.351 e. The van der Waals surface area contributed by atoms with Gasteiger partial charge in [-0.3, -0.25) is 9.89 Å². The highest BCUT2D eigenvalue weighted by molar-refractivity contribution is 7.99. The van der Waals surface area contributed by atoms with Gasteiger partial charge < -0.3 is 5.32 Å². The lowest BCUT2D eigenvalue weighted by atomic mass is 10.1. The van der Waals surface area contributed by atoms with E-state index in [1.807, 2.05) is 38.1 Å². The average Bonchev–Trinajstić information content (AvgIpc) is 2.81. The van der Waals surface area contributed by atoms with Crippen molar-refractivity contribution in [3.8, 4) is 0 Å². The Hall–Kier alpha value is -1.82. The number of amides is 1. The van der Waals surface area contributed by atoms with Gasteiger partial charge in [-0.2, -0.15) is 0 Å². The first-order valence-corrected chi connectivity index (χ1v) is 6.96. The second kappa shape index (κ2) is 6.38. The number of benzene rings is 1. The molecule has 2 N–H and O–H groups in total. The van der Waals surface area contributed by atoms with Crippen LogP contribution in [-0.2, 0) is 11.3 Å². The number of H-pyrrole nitrogens is 1. The normalized spacial score (nSPS) is 10.4. The molecule has 1 aromatic heterocycles. The van der Waals surface area contributed by atoms with Gasteiger partial charge in [0, 0.05) is 6.54 Å². The highest BCUT2D eigenvalue weighted by Crippen LogP contribution is 2.11. The zero-order valence-electron chi connectivity index (χ0n) is 10.9. The fraction of sp³-hybridized carbons (Fsp3) is 0.308. The van der Waals surface area contributed by atoms with Gasteiger partial charge in [-0.05, 0) is 25.0 Å². The van der Waals surface area contributed by atoms with Crippen molar-refractivity contribution in [1.82, 2.24) is 20.5 Å². The highest BCUT2D eigenvalue weighted by Gasteiger charge is 2.06. The molecule has 0 radical (unpaired) electrons. The molecule has 1 aromatic carbocycles. The molecule has 0 spiro atoms. The van der Waals surface area contributed by atoms with E-state index in [1.54, 1.807) is 0 Å². The van der Waals surface area contributed by atoms with Gasteiger partial charge in [-0.1, -0.05) is 36.0 Å². The first-order valence-electron chi connectivity index (χ1n) is 5.98. The molecule has 0 saturated heterocycles. The summed E-state index contributed by atoms with van der Waals surface area (Å²) in [6.07, 6.45) is 0. The molecule has 19 heavy (non-hydrogen) atoms. The number of nitrogens with one attached hydrogen (secondary N) is 2. The number of hydrogen-bond acceptors (Lipinski definition) is 4.